The first-order valence-electron chi connectivity index (χ1n) is 7.38. The van der Waals surface area contributed by atoms with Gasteiger partial charge in [0.1, 0.15) is 5.75 Å². The molecular formula is C17H26O5. The number of carbonyl (C=O) groups is 1. The van der Waals surface area contributed by atoms with Crippen LogP contribution in [0.2, 0.25) is 0 Å². The van der Waals surface area contributed by atoms with Gasteiger partial charge in [0, 0.05) is 0 Å². The van der Waals surface area contributed by atoms with E-state index in [0.717, 1.165) is 0 Å². The molecule has 0 spiro atoms. The van der Waals surface area contributed by atoms with Gasteiger partial charge in [0.05, 0.1) is 31.5 Å². The standard InChI is InChI=1S/C17H26O5/c1-16(2,3)17(20,12-18)10-5-11-22-15(19)13-6-8-14(21-4)9-7-13/h6-9,18,20H,5,10-12H2,1-4H3/t17-/m1/s1. The number of rotatable bonds is 7. The van der Waals surface area contributed by atoms with Crippen LogP contribution in [-0.4, -0.2) is 42.1 Å². The third-order valence-electron chi connectivity index (χ3n) is 3.95. The van der Waals surface area contributed by atoms with E-state index in [2.05, 4.69) is 0 Å². The van der Waals surface area contributed by atoms with Crippen molar-refractivity contribution < 1.29 is 24.5 Å². The fourth-order valence-corrected chi connectivity index (χ4v) is 2.03. The van der Waals surface area contributed by atoms with Gasteiger partial charge in [-0.15, -0.1) is 0 Å². The minimum absolute atomic E-state index is 0.198. The van der Waals surface area contributed by atoms with E-state index in [4.69, 9.17) is 9.47 Å². The maximum Gasteiger partial charge on any atom is 0.338 e. The number of esters is 1. The Morgan fingerprint density at radius 1 is 1.18 bits per heavy atom. The highest BCUT2D eigenvalue weighted by molar-refractivity contribution is 5.89. The Hall–Kier alpha value is -1.59. The smallest absolute Gasteiger partial charge is 0.338 e. The highest BCUT2D eigenvalue weighted by atomic mass is 16.5. The van der Waals surface area contributed by atoms with Gasteiger partial charge in [-0.2, -0.15) is 0 Å². The Morgan fingerprint density at radius 2 is 1.77 bits per heavy atom. The van der Waals surface area contributed by atoms with Crippen molar-refractivity contribution in [3.8, 4) is 5.75 Å². The second kappa shape index (κ2) is 7.61. The molecule has 0 aliphatic carbocycles. The van der Waals surface area contributed by atoms with Crippen LogP contribution in [0.25, 0.3) is 0 Å². The fraction of sp³-hybridized carbons (Fsp3) is 0.588. The quantitative estimate of drug-likeness (QED) is 0.597. The van der Waals surface area contributed by atoms with Gasteiger partial charge in [-0.1, -0.05) is 20.8 Å². The normalized spacial score (nSPS) is 14.3. The van der Waals surface area contributed by atoms with Gasteiger partial charge in [0.25, 0.3) is 0 Å². The van der Waals surface area contributed by atoms with Crippen molar-refractivity contribution in [2.75, 3.05) is 20.3 Å². The second-order valence-electron chi connectivity index (χ2n) is 6.41. The van der Waals surface area contributed by atoms with Crippen LogP contribution >= 0.6 is 0 Å². The molecule has 5 heteroatoms. The van der Waals surface area contributed by atoms with Crippen LogP contribution in [0.15, 0.2) is 24.3 Å². The predicted octanol–water partition coefficient (Wildman–Crippen LogP) is 2.40. The van der Waals surface area contributed by atoms with E-state index in [1.165, 1.54) is 0 Å². The summed E-state index contributed by atoms with van der Waals surface area (Å²) >= 11 is 0. The van der Waals surface area contributed by atoms with Gasteiger partial charge in [-0.3, -0.25) is 0 Å². The summed E-state index contributed by atoms with van der Waals surface area (Å²) in [5.74, 6) is 0.265. The van der Waals surface area contributed by atoms with Gasteiger partial charge < -0.3 is 19.7 Å². The van der Waals surface area contributed by atoms with Crippen molar-refractivity contribution in [2.24, 2.45) is 5.41 Å². The van der Waals surface area contributed by atoms with Crippen molar-refractivity contribution in [1.82, 2.24) is 0 Å². The Labute approximate surface area is 131 Å². The monoisotopic (exact) mass is 310 g/mol. The number of hydrogen-bond acceptors (Lipinski definition) is 5. The van der Waals surface area contributed by atoms with E-state index < -0.39 is 17.0 Å². The van der Waals surface area contributed by atoms with Gasteiger partial charge in [-0.25, -0.2) is 4.79 Å². The number of carbonyl (C=O) groups excluding carboxylic acids is 1. The zero-order valence-corrected chi connectivity index (χ0v) is 13.8. The SMILES string of the molecule is COc1ccc(C(=O)OCCC[C@@](O)(CO)C(C)(C)C)cc1. The van der Waals surface area contributed by atoms with Crippen molar-refractivity contribution >= 4 is 5.97 Å². The summed E-state index contributed by atoms with van der Waals surface area (Å²) in [5.41, 5.74) is -1.17. The van der Waals surface area contributed by atoms with Crippen LogP contribution < -0.4 is 4.74 Å². The fourth-order valence-electron chi connectivity index (χ4n) is 2.03. The molecule has 0 aliphatic rings. The third-order valence-corrected chi connectivity index (χ3v) is 3.95. The van der Waals surface area contributed by atoms with E-state index >= 15 is 0 Å². The van der Waals surface area contributed by atoms with Gasteiger partial charge in [-0.05, 0) is 42.5 Å². The van der Waals surface area contributed by atoms with Crippen LogP contribution in [0, 0.1) is 5.41 Å². The van der Waals surface area contributed by atoms with Crippen molar-refractivity contribution in [3.05, 3.63) is 29.8 Å². The molecule has 0 radical (unpaired) electrons. The molecular weight excluding hydrogens is 284 g/mol. The van der Waals surface area contributed by atoms with Crippen LogP contribution in [0.3, 0.4) is 0 Å². The minimum atomic E-state index is -1.18. The van der Waals surface area contributed by atoms with E-state index in [1.54, 1.807) is 31.4 Å². The summed E-state index contributed by atoms with van der Waals surface area (Å²) in [6, 6.07) is 6.67. The first-order chi connectivity index (χ1) is 10.2. The Morgan fingerprint density at radius 3 is 2.23 bits per heavy atom. The maximum absolute atomic E-state index is 11.9. The topological polar surface area (TPSA) is 76.0 Å². The highest BCUT2D eigenvalue weighted by Crippen LogP contribution is 2.33. The molecule has 0 heterocycles. The molecule has 0 unspecified atom stereocenters. The average molecular weight is 310 g/mol. The molecule has 0 aromatic heterocycles. The summed E-state index contributed by atoms with van der Waals surface area (Å²) < 4.78 is 10.2. The number of ether oxygens (including phenoxy) is 2. The Balaban J connectivity index is 2.45. The van der Waals surface area contributed by atoms with E-state index in [1.807, 2.05) is 20.8 Å². The lowest BCUT2D eigenvalue weighted by atomic mass is 9.74. The molecule has 0 fully saturated rings. The minimum Gasteiger partial charge on any atom is -0.497 e. The Kier molecular flexibility index (Phi) is 6.38. The van der Waals surface area contributed by atoms with Crippen LogP contribution in [0.4, 0.5) is 0 Å². The summed E-state index contributed by atoms with van der Waals surface area (Å²) in [4.78, 5) is 11.9. The zero-order valence-electron chi connectivity index (χ0n) is 13.8. The third kappa shape index (κ3) is 4.71. The molecule has 0 bridgehead atoms. The number of methoxy groups -OCH3 is 1. The number of hydrogen-bond donors (Lipinski definition) is 2. The summed E-state index contributed by atoms with van der Waals surface area (Å²) in [6.07, 6.45) is 0.846. The second-order valence-corrected chi connectivity index (χ2v) is 6.41. The maximum atomic E-state index is 11.9. The summed E-state index contributed by atoms with van der Waals surface area (Å²) in [5, 5.41) is 19.8. The number of aliphatic hydroxyl groups is 2. The van der Waals surface area contributed by atoms with Crippen molar-refractivity contribution in [2.45, 2.75) is 39.2 Å². The Bertz CT molecular complexity index is 475. The molecule has 0 saturated heterocycles. The lowest BCUT2D eigenvalue weighted by Gasteiger charge is -2.38. The lowest BCUT2D eigenvalue weighted by Crippen LogP contribution is -2.46. The lowest BCUT2D eigenvalue weighted by molar-refractivity contribution is -0.103. The molecule has 1 atom stereocenters. The van der Waals surface area contributed by atoms with Crippen LogP contribution in [-0.2, 0) is 4.74 Å². The average Bonchev–Trinajstić information content (AvgIpc) is 2.50. The van der Waals surface area contributed by atoms with E-state index in [0.29, 0.717) is 24.2 Å². The summed E-state index contributed by atoms with van der Waals surface area (Å²) in [6.45, 7) is 5.48. The summed E-state index contributed by atoms with van der Waals surface area (Å²) in [7, 11) is 1.56. The predicted molar refractivity (Wildman–Crippen MR) is 84.0 cm³/mol. The number of aliphatic hydroxyl groups excluding tert-OH is 1. The largest absolute Gasteiger partial charge is 0.497 e. The zero-order chi connectivity index (χ0) is 16.8. The van der Waals surface area contributed by atoms with Crippen molar-refractivity contribution in [3.63, 3.8) is 0 Å². The van der Waals surface area contributed by atoms with E-state index in [9.17, 15) is 15.0 Å². The van der Waals surface area contributed by atoms with E-state index in [-0.39, 0.29) is 13.2 Å². The van der Waals surface area contributed by atoms with Crippen LogP contribution in [0.1, 0.15) is 44.0 Å². The first-order valence-corrected chi connectivity index (χ1v) is 7.38. The first kappa shape index (κ1) is 18.5. The molecule has 1 aromatic rings. The molecule has 2 N–H and O–H groups in total. The van der Waals surface area contributed by atoms with Gasteiger partial charge >= 0.3 is 5.97 Å². The number of benzene rings is 1. The molecule has 0 saturated carbocycles. The van der Waals surface area contributed by atoms with Crippen LogP contribution in [0.5, 0.6) is 5.75 Å². The highest BCUT2D eigenvalue weighted by Gasteiger charge is 2.38. The molecule has 22 heavy (non-hydrogen) atoms. The van der Waals surface area contributed by atoms with Gasteiger partial charge in [0.2, 0.25) is 0 Å². The molecule has 0 amide bonds. The molecule has 124 valence electrons. The molecule has 5 nitrogen and oxygen atoms in total. The molecule has 1 aromatic carbocycles. The molecule has 0 aliphatic heterocycles. The van der Waals surface area contributed by atoms with Gasteiger partial charge in [0.15, 0.2) is 0 Å². The molecule has 1 rings (SSSR count). The van der Waals surface area contributed by atoms with Crippen molar-refractivity contribution in [1.29, 1.82) is 0 Å².